The van der Waals surface area contributed by atoms with E-state index in [0.717, 1.165) is 32.4 Å². The highest BCUT2D eigenvalue weighted by molar-refractivity contribution is 5.50. The number of methoxy groups -OCH3 is 1. The van der Waals surface area contributed by atoms with E-state index in [1.165, 1.54) is 12.1 Å². The van der Waals surface area contributed by atoms with E-state index >= 15 is 0 Å². The third-order valence-corrected chi connectivity index (χ3v) is 3.61. The van der Waals surface area contributed by atoms with Gasteiger partial charge in [-0.15, -0.1) is 0 Å². The zero-order chi connectivity index (χ0) is 14.6. The Morgan fingerprint density at radius 3 is 2.90 bits per heavy atom. The number of hydrogen-bond acceptors (Lipinski definition) is 6. The quantitative estimate of drug-likeness (QED) is 0.604. The van der Waals surface area contributed by atoms with Gasteiger partial charge in [0.2, 0.25) is 5.69 Å². The van der Waals surface area contributed by atoms with E-state index in [9.17, 15) is 10.1 Å². The van der Waals surface area contributed by atoms with Gasteiger partial charge in [0.15, 0.2) is 0 Å². The monoisotopic (exact) mass is 276 g/mol. The zero-order valence-corrected chi connectivity index (χ0v) is 11.3. The molecule has 1 aromatic rings. The summed E-state index contributed by atoms with van der Waals surface area (Å²) in [6, 6.07) is 4.59. The van der Waals surface area contributed by atoms with Crippen LogP contribution in [0.2, 0.25) is 0 Å². The Morgan fingerprint density at radius 2 is 2.35 bits per heavy atom. The first-order valence-corrected chi connectivity index (χ1v) is 6.38. The van der Waals surface area contributed by atoms with Crippen molar-refractivity contribution in [3.63, 3.8) is 0 Å². The minimum absolute atomic E-state index is 0.165. The van der Waals surface area contributed by atoms with E-state index in [4.69, 9.17) is 10.00 Å². The standard InChI is InChI=1S/C13H16N4O3/c1-20-7-6-13(4-5-13)9-15-12-3-2-11(17(18)19)10(8-14)16-12/h2-3H,4-7,9H2,1H3,(H,15,16). The third-order valence-electron chi connectivity index (χ3n) is 3.61. The van der Waals surface area contributed by atoms with Crippen LogP contribution in [0.3, 0.4) is 0 Å². The molecule has 0 aromatic carbocycles. The number of nitro groups is 1. The van der Waals surface area contributed by atoms with E-state index in [1.807, 2.05) is 0 Å². The topological polar surface area (TPSA) is 101 Å². The summed E-state index contributed by atoms with van der Waals surface area (Å²) >= 11 is 0. The lowest BCUT2D eigenvalue weighted by atomic mass is 10.0. The molecule has 7 nitrogen and oxygen atoms in total. The Labute approximate surface area is 116 Å². The summed E-state index contributed by atoms with van der Waals surface area (Å²) in [6.07, 6.45) is 3.26. The molecule has 0 radical (unpaired) electrons. The molecule has 0 atom stereocenters. The van der Waals surface area contributed by atoms with Crippen LogP contribution in [0.25, 0.3) is 0 Å². The summed E-state index contributed by atoms with van der Waals surface area (Å²) in [7, 11) is 1.68. The maximum atomic E-state index is 10.7. The Hall–Kier alpha value is -2.20. The molecular weight excluding hydrogens is 260 g/mol. The fourth-order valence-electron chi connectivity index (χ4n) is 2.07. The van der Waals surface area contributed by atoms with E-state index in [0.29, 0.717) is 5.82 Å². The smallest absolute Gasteiger partial charge is 0.305 e. The molecule has 2 rings (SSSR count). The first-order chi connectivity index (χ1) is 9.60. The van der Waals surface area contributed by atoms with Crippen molar-refractivity contribution in [2.75, 3.05) is 25.6 Å². The van der Waals surface area contributed by atoms with Gasteiger partial charge in [0.25, 0.3) is 0 Å². The lowest BCUT2D eigenvalue weighted by Gasteiger charge is -2.15. The summed E-state index contributed by atoms with van der Waals surface area (Å²) in [6.45, 7) is 1.46. The molecule has 1 aliphatic rings. The highest BCUT2D eigenvalue weighted by atomic mass is 16.6. The van der Waals surface area contributed by atoms with Crippen molar-refractivity contribution in [1.29, 1.82) is 5.26 Å². The number of ether oxygens (including phenoxy) is 1. The maximum absolute atomic E-state index is 10.7. The molecule has 1 aromatic heterocycles. The molecule has 1 fully saturated rings. The summed E-state index contributed by atoms with van der Waals surface area (Å²) in [4.78, 5) is 14.1. The van der Waals surface area contributed by atoms with Gasteiger partial charge in [0, 0.05) is 26.3 Å². The van der Waals surface area contributed by atoms with Crippen LogP contribution in [0.4, 0.5) is 11.5 Å². The minimum Gasteiger partial charge on any atom is -0.385 e. The minimum atomic E-state index is -0.601. The summed E-state index contributed by atoms with van der Waals surface area (Å²) in [5.74, 6) is 0.496. The van der Waals surface area contributed by atoms with E-state index < -0.39 is 4.92 Å². The second-order valence-corrected chi connectivity index (χ2v) is 5.03. The van der Waals surface area contributed by atoms with Crippen LogP contribution in [0.15, 0.2) is 12.1 Å². The van der Waals surface area contributed by atoms with Gasteiger partial charge in [-0.25, -0.2) is 4.98 Å². The number of nitriles is 1. The molecule has 0 unspecified atom stereocenters. The van der Waals surface area contributed by atoms with Gasteiger partial charge in [-0.1, -0.05) is 0 Å². The van der Waals surface area contributed by atoms with Gasteiger partial charge >= 0.3 is 5.69 Å². The molecule has 0 aliphatic heterocycles. The number of nitrogens with one attached hydrogen (secondary N) is 1. The fourth-order valence-corrected chi connectivity index (χ4v) is 2.07. The lowest BCUT2D eigenvalue weighted by Crippen LogP contribution is -2.18. The highest BCUT2D eigenvalue weighted by Gasteiger charge is 2.41. The van der Waals surface area contributed by atoms with Crippen molar-refractivity contribution in [2.24, 2.45) is 5.41 Å². The summed E-state index contributed by atoms with van der Waals surface area (Å²) < 4.78 is 5.09. The Balaban J connectivity index is 2.01. The molecule has 1 aliphatic carbocycles. The van der Waals surface area contributed by atoms with Crippen LogP contribution in [-0.2, 0) is 4.74 Å². The van der Waals surface area contributed by atoms with Crippen molar-refractivity contribution >= 4 is 11.5 Å². The molecule has 7 heteroatoms. The van der Waals surface area contributed by atoms with Crippen LogP contribution in [0.5, 0.6) is 0 Å². The average molecular weight is 276 g/mol. The van der Waals surface area contributed by atoms with Crippen molar-refractivity contribution in [2.45, 2.75) is 19.3 Å². The molecule has 0 spiro atoms. The number of anilines is 1. The van der Waals surface area contributed by atoms with E-state index in [1.54, 1.807) is 13.2 Å². The van der Waals surface area contributed by atoms with E-state index in [2.05, 4.69) is 10.3 Å². The maximum Gasteiger partial charge on any atom is 0.305 e. The van der Waals surface area contributed by atoms with Crippen molar-refractivity contribution in [3.8, 4) is 6.07 Å². The molecule has 1 heterocycles. The molecule has 106 valence electrons. The van der Waals surface area contributed by atoms with Gasteiger partial charge in [0.05, 0.1) is 4.92 Å². The summed E-state index contributed by atoms with van der Waals surface area (Å²) in [5.41, 5.74) is -0.188. The Bertz CT molecular complexity index is 549. The van der Waals surface area contributed by atoms with Gasteiger partial charge in [-0.05, 0) is 30.7 Å². The van der Waals surface area contributed by atoms with Gasteiger partial charge in [-0.2, -0.15) is 5.26 Å². The van der Waals surface area contributed by atoms with Gasteiger partial charge in [0.1, 0.15) is 11.9 Å². The second-order valence-electron chi connectivity index (χ2n) is 5.03. The largest absolute Gasteiger partial charge is 0.385 e. The number of aromatic nitrogens is 1. The van der Waals surface area contributed by atoms with Crippen LogP contribution >= 0.6 is 0 Å². The number of rotatable bonds is 7. The van der Waals surface area contributed by atoms with Crippen LogP contribution in [0.1, 0.15) is 25.0 Å². The lowest BCUT2D eigenvalue weighted by molar-refractivity contribution is -0.385. The molecule has 20 heavy (non-hydrogen) atoms. The van der Waals surface area contributed by atoms with Crippen LogP contribution < -0.4 is 5.32 Å². The predicted molar refractivity (Wildman–Crippen MR) is 72.3 cm³/mol. The van der Waals surface area contributed by atoms with Crippen molar-refractivity contribution in [3.05, 3.63) is 27.9 Å². The molecular formula is C13H16N4O3. The number of nitrogens with zero attached hydrogens (tertiary/aromatic N) is 3. The Morgan fingerprint density at radius 1 is 1.60 bits per heavy atom. The van der Waals surface area contributed by atoms with Crippen LogP contribution in [0, 0.1) is 26.9 Å². The highest BCUT2D eigenvalue weighted by Crippen LogP contribution is 2.48. The average Bonchev–Trinajstić information content (AvgIpc) is 3.23. The molecule has 1 saturated carbocycles. The SMILES string of the molecule is COCCC1(CNc2ccc([N+](=O)[O-])c(C#N)n2)CC1. The zero-order valence-electron chi connectivity index (χ0n) is 11.3. The molecule has 1 N–H and O–H groups in total. The number of pyridine rings is 1. The van der Waals surface area contributed by atoms with Gasteiger partial charge < -0.3 is 10.1 Å². The normalized spacial score (nSPS) is 15.4. The molecule has 0 bridgehead atoms. The molecule has 0 saturated heterocycles. The molecule has 0 amide bonds. The van der Waals surface area contributed by atoms with Gasteiger partial charge in [-0.3, -0.25) is 10.1 Å². The first kappa shape index (κ1) is 14.2. The van der Waals surface area contributed by atoms with Crippen LogP contribution in [-0.4, -0.2) is 30.2 Å². The van der Waals surface area contributed by atoms with E-state index in [-0.39, 0.29) is 16.8 Å². The predicted octanol–water partition coefficient (Wildman–Crippen LogP) is 2.09. The first-order valence-electron chi connectivity index (χ1n) is 6.38. The third kappa shape index (κ3) is 3.22. The second kappa shape index (κ2) is 5.84. The van der Waals surface area contributed by atoms with Crippen molar-refractivity contribution < 1.29 is 9.66 Å². The Kier molecular flexibility index (Phi) is 4.15. The summed E-state index contributed by atoms with van der Waals surface area (Å²) in [5, 5.41) is 22.8. The van der Waals surface area contributed by atoms with Crippen molar-refractivity contribution in [1.82, 2.24) is 4.98 Å². The fraction of sp³-hybridized carbons (Fsp3) is 0.538. The number of hydrogen-bond donors (Lipinski definition) is 1.